The van der Waals surface area contributed by atoms with Crippen molar-refractivity contribution in [2.75, 3.05) is 31.7 Å². The number of aromatic nitrogens is 3. The zero-order chi connectivity index (χ0) is 34.9. The molecule has 2 saturated heterocycles. The average Bonchev–Trinajstić information content (AvgIpc) is 3.75. The number of fused-ring (bicyclic) bond motifs is 2. The smallest absolute Gasteiger partial charge is 0.352 e. The van der Waals surface area contributed by atoms with Crippen LogP contribution in [0.3, 0.4) is 0 Å². The van der Waals surface area contributed by atoms with E-state index < -0.39 is 29.2 Å². The number of hydrogen-bond donors (Lipinski definition) is 4. The molecule has 3 aromatic heterocycles. The summed E-state index contributed by atoms with van der Waals surface area (Å²) in [6.45, 7) is 2.77. The minimum Gasteiger partial charge on any atom is -0.477 e. The number of piperidine rings is 1. The van der Waals surface area contributed by atoms with Gasteiger partial charge in [0.1, 0.15) is 41.3 Å². The van der Waals surface area contributed by atoms with Gasteiger partial charge in [-0.05, 0) is 30.9 Å². The number of carboxylic acid groups (broad SMARTS) is 1. The van der Waals surface area contributed by atoms with Crippen LogP contribution in [0.5, 0.6) is 0 Å². The second kappa shape index (κ2) is 14.0. The molecule has 3 aliphatic heterocycles. The molecule has 5 N–H and O–H groups in total. The van der Waals surface area contributed by atoms with Crippen LogP contribution in [0, 0.1) is 5.41 Å². The summed E-state index contributed by atoms with van der Waals surface area (Å²) in [6.07, 6.45) is 7.40. The van der Waals surface area contributed by atoms with Crippen LogP contribution in [-0.2, 0) is 32.3 Å². The number of carbonyl (C=O) groups is 3. The molecular weight excluding hydrogens is 679 g/mol. The predicted molar refractivity (Wildman–Crippen MR) is 190 cm³/mol. The number of carbonyl (C=O) groups excluding carboxylic acids is 2. The van der Waals surface area contributed by atoms with Crippen molar-refractivity contribution in [2.45, 2.75) is 43.8 Å². The van der Waals surface area contributed by atoms with Crippen LogP contribution in [0.2, 0.25) is 0 Å². The van der Waals surface area contributed by atoms with Crippen LogP contribution in [0.25, 0.3) is 11.0 Å². The molecule has 14 nitrogen and oxygen atoms in total. The number of β-lactam (4-membered cyclic amide) rings is 1. The molecule has 3 aliphatic rings. The van der Waals surface area contributed by atoms with Crippen molar-refractivity contribution in [1.82, 2.24) is 24.7 Å². The molecule has 1 aromatic carbocycles. The van der Waals surface area contributed by atoms with Crippen molar-refractivity contribution in [1.29, 1.82) is 5.41 Å². The van der Waals surface area contributed by atoms with Gasteiger partial charge in [-0.2, -0.15) is 4.57 Å². The number of amides is 2. The Balaban J connectivity index is 1.06. The summed E-state index contributed by atoms with van der Waals surface area (Å²) in [6, 6.07) is 13.2. The molecular formula is C34H36N9O5S2+. The van der Waals surface area contributed by atoms with Crippen molar-refractivity contribution in [3.8, 4) is 0 Å². The number of pyridine rings is 1. The number of anilines is 1. The summed E-state index contributed by atoms with van der Waals surface area (Å²) in [5, 5.41) is 26.6. The first-order valence-corrected chi connectivity index (χ1v) is 18.1. The van der Waals surface area contributed by atoms with E-state index in [1.807, 2.05) is 47.3 Å². The Labute approximate surface area is 295 Å². The SMILES string of the molecule is CO/N=C(\C(=O)N[C@@H]1C(=O)N2C(C(=O)O)=C(C[n+]3cccc4c3ccn4Cc3ccc(C(=N)N4CCCCC4)cc3)CS[C@H]12)c1csc(N)n1. The molecule has 4 aromatic rings. The number of thiazole rings is 1. The second-order valence-corrected chi connectivity index (χ2v) is 14.2. The fourth-order valence-corrected chi connectivity index (χ4v) is 8.55. The van der Waals surface area contributed by atoms with Gasteiger partial charge < -0.3 is 30.5 Å². The number of oxime groups is 1. The third-order valence-electron chi connectivity index (χ3n) is 9.13. The van der Waals surface area contributed by atoms with Gasteiger partial charge in [-0.15, -0.1) is 23.1 Å². The molecule has 2 atom stereocenters. The predicted octanol–water partition coefficient (Wildman–Crippen LogP) is 2.62. The zero-order valence-electron chi connectivity index (χ0n) is 27.2. The number of rotatable bonds is 10. The number of likely N-dealkylation sites (tertiary alicyclic amines) is 1. The molecule has 0 radical (unpaired) electrons. The maximum atomic E-state index is 13.4. The van der Waals surface area contributed by atoms with Crippen LogP contribution in [0.4, 0.5) is 5.13 Å². The third kappa shape index (κ3) is 6.31. The van der Waals surface area contributed by atoms with Crippen LogP contribution in [0.1, 0.15) is 36.1 Å². The van der Waals surface area contributed by atoms with E-state index in [1.54, 1.807) is 5.38 Å². The number of carboxylic acids is 1. The monoisotopic (exact) mass is 714 g/mol. The molecule has 2 amide bonds. The molecule has 0 spiro atoms. The molecule has 16 heteroatoms. The summed E-state index contributed by atoms with van der Waals surface area (Å²) in [5.74, 6) is -1.47. The van der Waals surface area contributed by atoms with Gasteiger partial charge in [0.15, 0.2) is 23.6 Å². The highest BCUT2D eigenvalue weighted by molar-refractivity contribution is 8.00. The Morgan fingerprint density at radius 1 is 1.18 bits per heavy atom. The number of benzene rings is 1. The van der Waals surface area contributed by atoms with Gasteiger partial charge in [-0.3, -0.25) is 19.9 Å². The minimum absolute atomic E-state index is 0.0681. The van der Waals surface area contributed by atoms with Crippen molar-refractivity contribution in [3.05, 3.63) is 88.3 Å². The van der Waals surface area contributed by atoms with Gasteiger partial charge in [0.2, 0.25) is 5.52 Å². The topological polar surface area (TPSA) is 183 Å². The van der Waals surface area contributed by atoms with E-state index in [-0.39, 0.29) is 28.8 Å². The van der Waals surface area contributed by atoms with Gasteiger partial charge in [0, 0.05) is 60.2 Å². The van der Waals surface area contributed by atoms with Crippen molar-refractivity contribution in [3.63, 3.8) is 0 Å². The van der Waals surface area contributed by atoms with E-state index in [1.165, 1.54) is 30.2 Å². The van der Waals surface area contributed by atoms with Gasteiger partial charge in [0.25, 0.3) is 11.8 Å². The molecule has 0 bridgehead atoms. The largest absolute Gasteiger partial charge is 0.477 e. The summed E-state index contributed by atoms with van der Waals surface area (Å²) in [4.78, 5) is 51.4. The lowest BCUT2D eigenvalue weighted by Crippen LogP contribution is -2.71. The van der Waals surface area contributed by atoms with Crippen molar-refractivity contribution >= 4 is 68.6 Å². The standard InChI is InChI=1S/C34H35N9O5S2/c1-48-39-26(23-19-50-34(36)37-23)30(44)38-27-31(45)43-28(33(46)47)22(18-49-32(27)43)17-41-14-5-6-24-25(41)11-15-42(24)16-20-7-9-21(10-8-20)29(35)40-12-3-2-4-13-40/h5-11,14-15,19,27,32,35H,2-4,12-13,16-18H2,1H3,(H3-,36,37,38,44,46,47)/p+1/b35-29?,39-26-/t27-,32-/m1/s1. The number of thioether (sulfide) groups is 1. The fourth-order valence-electron chi connectivity index (χ4n) is 6.67. The van der Waals surface area contributed by atoms with E-state index in [9.17, 15) is 19.5 Å². The number of nitrogens with one attached hydrogen (secondary N) is 2. The molecule has 258 valence electrons. The Bertz CT molecular complexity index is 2050. The lowest BCUT2D eigenvalue weighted by atomic mass is 10.0. The zero-order valence-corrected chi connectivity index (χ0v) is 28.9. The Kier molecular flexibility index (Phi) is 9.29. The van der Waals surface area contributed by atoms with E-state index in [0.717, 1.165) is 59.4 Å². The molecule has 0 aliphatic carbocycles. The molecule has 2 fully saturated rings. The first kappa shape index (κ1) is 33.3. The van der Waals surface area contributed by atoms with Crippen LogP contribution < -0.4 is 15.6 Å². The van der Waals surface area contributed by atoms with Crippen LogP contribution >= 0.6 is 23.1 Å². The minimum atomic E-state index is -1.20. The summed E-state index contributed by atoms with van der Waals surface area (Å²) in [5.41, 5.74) is 10.2. The maximum Gasteiger partial charge on any atom is 0.352 e. The number of hydrogen-bond acceptors (Lipinski definition) is 10. The Morgan fingerprint density at radius 2 is 1.96 bits per heavy atom. The van der Waals surface area contributed by atoms with Crippen LogP contribution in [-0.4, -0.2) is 91.2 Å². The first-order valence-electron chi connectivity index (χ1n) is 16.2. The lowest BCUT2D eigenvalue weighted by molar-refractivity contribution is -0.663. The van der Waals surface area contributed by atoms with E-state index in [0.29, 0.717) is 23.7 Å². The van der Waals surface area contributed by atoms with Gasteiger partial charge in [0.05, 0.1) is 0 Å². The summed E-state index contributed by atoms with van der Waals surface area (Å²) >= 11 is 2.53. The number of nitrogen functional groups attached to an aromatic ring is 1. The number of aliphatic carboxylic acids is 1. The Hall–Kier alpha value is -5.22. The third-order valence-corrected chi connectivity index (χ3v) is 11.1. The molecule has 50 heavy (non-hydrogen) atoms. The first-order chi connectivity index (χ1) is 24.2. The van der Waals surface area contributed by atoms with Gasteiger partial charge in [-0.1, -0.05) is 29.4 Å². The van der Waals surface area contributed by atoms with Gasteiger partial charge in [-0.25, -0.2) is 9.78 Å². The highest BCUT2D eigenvalue weighted by Gasteiger charge is 2.55. The summed E-state index contributed by atoms with van der Waals surface area (Å²) in [7, 11) is 1.29. The number of nitrogens with two attached hydrogens (primary N) is 1. The van der Waals surface area contributed by atoms with Crippen molar-refractivity contribution < 1.29 is 28.9 Å². The van der Waals surface area contributed by atoms with Crippen LogP contribution in [0.15, 0.2) is 76.7 Å². The highest BCUT2D eigenvalue weighted by Crippen LogP contribution is 2.40. The maximum absolute atomic E-state index is 13.4. The van der Waals surface area contributed by atoms with E-state index in [4.69, 9.17) is 16.0 Å². The number of nitrogens with zero attached hydrogens (tertiary/aromatic N) is 6. The second-order valence-electron chi connectivity index (χ2n) is 12.3. The number of amidine groups is 1. The lowest BCUT2D eigenvalue weighted by Gasteiger charge is -2.49. The van der Waals surface area contributed by atoms with Crippen molar-refractivity contribution in [2.24, 2.45) is 5.16 Å². The van der Waals surface area contributed by atoms with E-state index in [2.05, 4.69) is 37.1 Å². The fraction of sp³-hybridized carbons (Fsp3) is 0.324. The normalized spacial score (nSPS) is 19.3. The summed E-state index contributed by atoms with van der Waals surface area (Å²) < 4.78 is 4.13. The van der Waals surface area contributed by atoms with E-state index >= 15 is 0 Å². The Morgan fingerprint density at radius 3 is 2.66 bits per heavy atom. The molecule has 7 rings (SSSR count). The molecule has 0 saturated carbocycles. The van der Waals surface area contributed by atoms with Gasteiger partial charge >= 0.3 is 5.97 Å². The average molecular weight is 715 g/mol. The highest BCUT2D eigenvalue weighted by atomic mass is 32.2. The molecule has 0 unspecified atom stereocenters. The quantitative estimate of drug-likeness (QED) is 0.0631. The molecule has 6 heterocycles.